The van der Waals surface area contributed by atoms with Crippen molar-refractivity contribution in [3.8, 4) is 16.9 Å². The van der Waals surface area contributed by atoms with E-state index in [9.17, 15) is 20.1 Å². The van der Waals surface area contributed by atoms with Crippen LogP contribution in [0.5, 0.6) is 5.75 Å². The average Bonchev–Trinajstić information content (AvgIpc) is 3.07. The van der Waals surface area contributed by atoms with Gasteiger partial charge in [-0.3, -0.25) is 0 Å². The van der Waals surface area contributed by atoms with Gasteiger partial charge in [-0.25, -0.2) is 4.79 Å². The lowest BCUT2D eigenvalue weighted by Crippen LogP contribution is -2.39. The van der Waals surface area contributed by atoms with Gasteiger partial charge < -0.3 is 40.3 Å². The third-order valence-corrected chi connectivity index (χ3v) is 8.10. The fourth-order valence-electron chi connectivity index (χ4n) is 5.69. The molecule has 5 rings (SSSR count). The van der Waals surface area contributed by atoms with E-state index in [1.165, 1.54) is 0 Å². The maximum absolute atomic E-state index is 11.8. The highest BCUT2D eigenvalue weighted by molar-refractivity contribution is 5.73. The second-order valence-corrected chi connectivity index (χ2v) is 11.7. The Hall–Kier alpha value is -4.25. The summed E-state index contributed by atoms with van der Waals surface area (Å²) in [6, 6.07) is 30.5. The highest BCUT2D eigenvalue weighted by Crippen LogP contribution is 2.38. The van der Waals surface area contributed by atoms with Crippen LogP contribution in [0.25, 0.3) is 11.1 Å². The number of likely N-dealkylation sites (N-methyl/N-ethyl adjacent to an activating group) is 1. The summed E-state index contributed by atoms with van der Waals surface area (Å²) in [5.41, 5.74) is 6.47. The molecule has 0 saturated carbocycles. The van der Waals surface area contributed by atoms with Gasteiger partial charge in [0, 0.05) is 38.2 Å². The predicted molar refractivity (Wildman–Crippen MR) is 177 cm³/mol. The number of nitrogens with one attached hydrogen (secondary N) is 2. The van der Waals surface area contributed by atoms with E-state index in [4.69, 9.17) is 9.47 Å². The normalized spacial score (nSPS) is 18.7. The number of amides is 2. The molecule has 0 bridgehead atoms. The average molecular weight is 626 g/mol. The van der Waals surface area contributed by atoms with Gasteiger partial charge in [0.2, 0.25) is 0 Å². The molecular formula is C37H43N3O6. The molecule has 5 N–H and O–H groups in total. The summed E-state index contributed by atoms with van der Waals surface area (Å²) < 4.78 is 13.0. The molecule has 4 aromatic carbocycles. The topological polar surface area (TPSA) is 124 Å². The lowest BCUT2D eigenvalue weighted by atomic mass is 9.99. The summed E-state index contributed by atoms with van der Waals surface area (Å²) in [5, 5.41) is 35.8. The van der Waals surface area contributed by atoms with Crippen molar-refractivity contribution >= 4 is 6.03 Å². The fraction of sp³-hybridized carbons (Fsp3) is 0.324. The minimum absolute atomic E-state index is 0.0214. The molecule has 2 amide bonds. The van der Waals surface area contributed by atoms with Gasteiger partial charge in [-0.1, -0.05) is 78.9 Å². The van der Waals surface area contributed by atoms with Crippen molar-refractivity contribution in [3.63, 3.8) is 0 Å². The minimum atomic E-state index is -0.759. The van der Waals surface area contributed by atoms with Gasteiger partial charge in [-0.05, 0) is 65.6 Å². The Bertz CT molecular complexity index is 1560. The van der Waals surface area contributed by atoms with Gasteiger partial charge in [0.1, 0.15) is 5.75 Å². The molecule has 1 aliphatic rings. The van der Waals surface area contributed by atoms with Crippen LogP contribution in [0.15, 0.2) is 97.1 Å². The molecule has 1 saturated heterocycles. The number of carbonyl (C=O) groups excluding carboxylic acids is 1. The number of urea groups is 1. The van der Waals surface area contributed by atoms with E-state index in [-0.39, 0.29) is 30.6 Å². The first-order valence-electron chi connectivity index (χ1n) is 15.7. The summed E-state index contributed by atoms with van der Waals surface area (Å²) in [4.78, 5) is 13.9. The number of aliphatic hydroxyl groups excluding tert-OH is 2. The van der Waals surface area contributed by atoms with Crippen LogP contribution < -0.4 is 10.6 Å². The molecule has 0 aromatic heterocycles. The Kier molecular flexibility index (Phi) is 11.4. The Morgan fingerprint density at radius 3 is 2.35 bits per heavy atom. The van der Waals surface area contributed by atoms with Crippen molar-refractivity contribution in [1.82, 2.24) is 15.5 Å². The monoisotopic (exact) mass is 625 g/mol. The molecule has 1 fully saturated rings. The Labute approximate surface area is 270 Å². The molecule has 1 heterocycles. The zero-order valence-corrected chi connectivity index (χ0v) is 26.3. The number of phenolic OH excluding ortho intramolecular Hbond substituents is 1. The predicted octanol–water partition coefficient (Wildman–Crippen LogP) is 5.58. The first-order valence-corrected chi connectivity index (χ1v) is 15.7. The van der Waals surface area contributed by atoms with E-state index in [0.717, 1.165) is 33.4 Å². The van der Waals surface area contributed by atoms with Crippen molar-refractivity contribution in [2.24, 2.45) is 0 Å². The van der Waals surface area contributed by atoms with Crippen LogP contribution in [-0.2, 0) is 22.6 Å². The molecule has 0 aliphatic carbocycles. The molecule has 0 unspecified atom stereocenters. The van der Waals surface area contributed by atoms with Gasteiger partial charge in [0.15, 0.2) is 6.29 Å². The number of ether oxygens (including phenoxy) is 2. The maximum atomic E-state index is 11.8. The minimum Gasteiger partial charge on any atom is -0.508 e. The fourth-order valence-corrected chi connectivity index (χ4v) is 5.69. The summed E-state index contributed by atoms with van der Waals surface area (Å²) in [6.45, 7) is 3.81. The lowest BCUT2D eigenvalue weighted by Gasteiger charge is -2.38. The van der Waals surface area contributed by atoms with E-state index in [1.807, 2.05) is 85.6 Å². The smallest absolute Gasteiger partial charge is 0.315 e. The summed E-state index contributed by atoms with van der Waals surface area (Å²) >= 11 is 0. The van der Waals surface area contributed by atoms with E-state index < -0.39 is 12.4 Å². The standard InChI is InChI=1S/C37H43N3O6/c1-3-38-37(44)39-21-26-6-4-7-30(18-26)27-14-16-29(17-15-27)36-45-33(20-35(46-36)28-12-10-25(24-41)11-13-28)22-40(2)23-34(43)31-8-5-9-32(42)19-31/h4-19,33-36,41-43H,3,20-24H2,1-2H3,(H2,38,39,44)/t33-,34+,35+,36+/m0/s1. The van der Waals surface area contributed by atoms with Gasteiger partial charge in [-0.2, -0.15) is 0 Å². The van der Waals surface area contributed by atoms with E-state index >= 15 is 0 Å². The largest absolute Gasteiger partial charge is 0.508 e. The number of hydrogen-bond acceptors (Lipinski definition) is 7. The highest BCUT2D eigenvalue weighted by Gasteiger charge is 2.33. The van der Waals surface area contributed by atoms with E-state index in [2.05, 4.69) is 16.7 Å². The molecular weight excluding hydrogens is 582 g/mol. The van der Waals surface area contributed by atoms with Crippen molar-refractivity contribution in [3.05, 3.63) is 125 Å². The van der Waals surface area contributed by atoms with Crippen LogP contribution in [0.2, 0.25) is 0 Å². The molecule has 0 spiro atoms. The Balaban J connectivity index is 1.30. The molecule has 1 aliphatic heterocycles. The van der Waals surface area contributed by atoms with Crippen molar-refractivity contribution in [2.75, 3.05) is 26.7 Å². The number of hydrogen-bond donors (Lipinski definition) is 5. The highest BCUT2D eigenvalue weighted by atomic mass is 16.7. The number of benzene rings is 4. The zero-order valence-electron chi connectivity index (χ0n) is 26.3. The van der Waals surface area contributed by atoms with E-state index in [0.29, 0.717) is 38.2 Å². The molecule has 46 heavy (non-hydrogen) atoms. The second kappa shape index (κ2) is 15.8. The van der Waals surface area contributed by atoms with Crippen LogP contribution >= 0.6 is 0 Å². The van der Waals surface area contributed by atoms with Gasteiger partial charge in [0.25, 0.3) is 0 Å². The Morgan fingerprint density at radius 1 is 0.891 bits per heavy atom. The van der Waals surface area contributed by atoms with Crippen molar-refractivity contribution < 1.29 is 29.6 Å². The molecule has 4 aromatic rings. The quantitative estimate of drug-likeness (QED) is 0.139. The van der Waals surface area contributed by atoms with Crippen LogP contribution in [-0.4, -0.2) is 59.0 Å². The first-order chi connectivity index (χ1) is 22.3. The zero-order chi connectivity index (χ0) is 32.5. The Morgan fingerprint density at radius 2 is 1.63 bits per heavy atom. The van der Waals surface area contributed by atoms with Gasteiger partial charge in [0.05, 0.1) is 24.9 Å². The molecule has 9 heteroatoms. The summed E-state index contributed by atoms with van der Waals surface area (Å²) in [6.07, 6.45) is -1.15. The number of phenols is 1. The van der Waals surface area contributed by atoms with E-state index in [1.54, 1.807) is 24.3 Å². The summed E-state index contributed by atoms with van der Waals surface area (Å²) in [5.74, 6) is 0.122. The van der Waals surface area contributed by atoms with Crippen molar-refractivity contribution in [2.45, 2.75) is 51.1 Å². The van der Waals surface area contributed by atoms with Gasteiger partial charge >= 0.3 is 6.03 Å². The lowest BCUT2D eigenvalue weighted by molar-refractivity contribution is -0.252. The third kappa shape index (κ3) is 8.93. The van der Waals surface area contributed by atoms with Crippen LogP contribution in [0.4, 0.5) is 4.79 Å². The van der Waals surface area contributed by atoms with Gasteiger partial charge in [-0.15, -0.1) is 0 Å². The summed E-state index contributed by atoms with van der Waals surface area (Å²) in [7, 11) is 1.94. The SMILES string of the molecule is CCNC(=O)NCc1cccc(-c2ccc([C@@H]3O[C@H](CN(C)C[C@@H](O)c4cccc(O)c4)C[C@H](c4ccc(CO)cc4)O3)cc2)c1. The number of aromatic hydroxyl groups is 1. The van der Waals surface area contributed by atoms with Crippen LogP contribution in [0.3, 0.4) is 0 Å². The molecule has 4 atom stereocenters. The molecule has 0 radical (unpaired) electrons. The van der Waals surface area contributed by atoms with Crippen molar-refractivity contribution in [1.29, 1.82) is 0 Å². The number of nitrogens with zero attached hydrogens (tertiary/aromatic N) is 1. The number of carbonyl (C=O) groups is 1. The van der Waals surface area contributed by atoms with Crippen LogP contribution in [0, 0.1) is 0 Å². The first kappa shape index (κ1) is 33.1. The molecule has 242 valence electrons. The van der Waals surface area contributed by atoms with Crippen LogP contribution in [0.1, 0.15) is 59.7 Å². The number of aliphatic hydroxyl groups is 2. The maximum Gasteiger partial charge on any atom is 0.315 e. The molecule has 9 nitrogen and oxygen atoms in total. The number of rotatable bonds is 12. The third-order valence-electron chi connectivity index (χ3n) is 8.10. The second-order valence-electron chi connectivity index (χ2n) is 11.7.